The first-order valence-corrected chi connectivity index (χ1v) is 14.9. The standard InChI is InChI=1S/C24H39P.BF4/c1-2-3-4-25(23-19-7-15-5-16(9-19)10-20(23)8-15)24-21-11-17-6-18(13-21)14-22(24)12-17;2-1(3,4)5/h15-24H,2-14H2,1H3;/q;-1/p+1. The van der Waals surface area contributed by atoms with Crippen LogP contribution in [0.1, 0.15) is 84.0 Å². The highest BCUT2D eigenvalue weighted by Crippen LogP contribution is 2.71. The molecule has 0 aromatic carbocycles. The van der Waals surface area contributed by atoms with Crippen molar-refractivity contribution in [2.24, 2.45) is 47.3 Å². The molecule has 8 fully saturated rings. The first-order valence-electron chi connectivity index (χ1n) is 13.0. The summed E-state index contributed by atoms with van der Waals surface area (Å²) in [5, 5.41) is 0. The van der Waals surface area contributed by atoms with Gasteiger partial charge >= 0.3 is 7.25 Å². The summed E-state index contributed by atoms with van der Waals surface area (Å²) in [5.74, 6) is 9.52. The van der Waals surface area contributed by atoms with E-state index in [1.807, 2.05) is 0 Å². The van der Waals surface area contributed by atoms with Crippen LogP contribution in [0.2, 0.25) is 0 Å². The third kappa shape index (κ3) is 4.49. The predicted octanol–water partition coefficient (Wildman–Crippen LogP) is 7.95. The average molecular weight is 446 g/mol. The Kier molecular flexibility index (Phi) is 6.26. The number of unbranched alkanes of at least 4 members (excludes halogenated alkanes) is 1. The Morgan fingerprint density at radius 1 is 0.600 bits per heavy atom. The second kappa shape index (κ2) is 8.53. The molecule has 8 aliphatic rings. The average Bonchev–Trinajstić information content (AvgIpc) is 2.62. The first kappa shape index (κ1) is 22.0. The molecule has 0 radical (unpaired) electrons. The topological polar surface area (TPSA) is 0 Å². The van der Waals surface area contributed by atoms with E-state index in [9.17, 15) is 17.3 Å². The van der Waals surface area contributed by atoms with Crippen molar-refractivity contribution in [2.45, 2.75) is 95.3 Å². The molecule has 6 heteroatoms. The highest BCUT2D eigenvalue weighted by Gasteiger charge is 2.60. The van der Waals surface area contributed by atoms with Crippen LogP contribution in [0.4, 0.5) is 17.3 Å². The molecule has 0 aromatic heterocycles. The van der Waals surface area contributed by atoms with E-state index in [4.69, 9.17) is 0 Å². The molecule has 0 atom stereocenters. The molecule has 0 heterocycles. The summed E-state index contributed by atoms with van der Waals surface area (Å²) in [5.41, 5.74) is 2.54. The Labute approximate surface area is 181 Å². The lowest BCUT2D eigenvalue weighted by Crippen LogP contribution is -2.53. The smallest absolute Gasteiger partial charge is 0.418 e. The van der Waals surface area contributed by atoms with E-state index >= 15 is 0 Å². The Hall–Kier alpha value is 0.215. The van der Waals surface area contributed by atoms with Gasteiger partial charge in [-0.05, 0) is 118 Å². The van der Waals surface area contributed by atoms with Gasteiger partial charge in [-0.1, -0.05) is 13.3 Å². The summed E-state index contributed by atoms with van der Waals surface area (Å²) in [6, 6.07) is 0. The Morgan fingerprint density at radius 3 is 1.17 bits per heavy atom. The lowest BCUT2D eigenvalue weighted by atomic mass is 9.55. The molecule has 0 nitrogen and oxygen atoms in total. The van der Waals surface area contributed by atoms with Crippen LogP contribution in [0.5, 0.6) is 0 Å². The van der Waals surface area contributed by atoms with Gasteiger partial charge in [-0.2, -0.15) is 0 Å². The normalized spacial score (nSPS) is 49.1. The summed E-state index contributed by atoms with van der Waals surface area (Å²) in [6.07, 6.45) is 21.4. The van der Waals surface area contributed by atoms with E-state index in [1.54, 1.807) is 76.8 Å². The quantitative estimate of drug-likeness (QED) is 0.228. The van der Waals surface area contributed by atoms with Gasteiger partial charge in [-0.3, -0.25) is 0 Å². The lowest BCUT2D eigenvalue weighted by molar-refractivity contribution is 0.0130. The molecule has 172 valence electrons. The van der Waals surface area contributed by atoms with E-state index in [0.29, 0.717) is 0 Å². The molecule has 8 aliphatic carbocycles. The van der Waals surface area contributed by atoms with E-state index in [-0.39, 0.29) is 7.92 Å². The van der Waals surface area contributed by atoms with Crippen LogP contribution < -0.4 is 0 Å². The highest BCUT2D eigenvalue weighted by molar-refractivity contribution is 7.59. The minimum Gasteiger partial charge on any atom is -0.418 e. The molecule has 8 saturated carbocycles. The van der Waals surface area contributed by atoms with Crippen molar-refractivity contribution in [2.75, 3.05) is 6.16 Å². The van der Waals surface area contributed by atoms with Gasteiger partial charge in [0.05, 0.1) is 17.5 Å². The van der Waals surface area contributed by atoms with Crippen molar-refractivity contribution in [3.05, 3.63) is 0 Å². The zero-order chi connectivity index (χ0) is 21.0. The van der Waals surface area contributed by atoms with Crippen molar-refractivity contribution >= 4 is 15.2 Å². The summed E-state index contributed by atoms with van der Waals surface area (Å²) < 4.78 is 39.0. The van der Waals surface area contributed by atoms with Crippen molar-refractivity contribution < 1.29 is 17.3 Å². The third-order valence-electron chi connectivity index (χ3n) is 10.1. The Balaban J connectivity index is 0.000000349. The fraction of sp³-hybridized carbons (Fsp3) is 1.00. The SMILES string of the molecule is CCCC[PH+](C1C2CC3CC(C2)CC1C3)C1C2CC3CC(C2)CC1C3.F[B-](F)(F)F. The maximum absolute atomic E-state index is 9.75. The molecule has 0 N–H and O–H groups in total. The largest absolute Gasteiger partial charge is 0.673 e. The highest BCUT2D eigenvalue weighted by atomic mass is 31.1. The summed E-state index contributed by atoms with van der Waals surface area (Å²) >= 11 is 0. The third-order valence-corrected chi connectivity index (χ3v) is 14.7. The molecule has 0 aliphatic heterocycles. The van der Waals surface area contributed by atoms with Gasteiger partial charge in [-0.25, -0.2) is 0 Å². The van der Waals surface area contributed by atoms with Gasteiger partial charge in [0, 0.05) is 7.92 Å². The fourth-order valence-electron chi connectivity index (χ4n) is 10.00. The molecular weight excluding hydrogens is 406 g/mol. The van der Waals surface area contributed by atoms with E-state index in [2.05, 4.69) is 6.92 Å². The number of hydrogen-bond donors (Lipinski definition) is 0. The molecule has 0 spiro atoms. The molecule has 8 rings (SSSR count). The lowest BCUT2D eigenvalue weighted by Gasteiger charge is -2.59. The molecule has 30 heavy (non-hydrogen) atoms. The second-order valence-corrected chi connectivity index (χ2v) is 15.1. The van der Waals surface area contributed by atoms with Crippen molar-refractivity contribution in [3.63, 3.8) is 0 Å². The van der Waals surface area contributed by atoms with E-state index < -0.39 is 7.25 Å². The second-order valence-electron chi connectivity index (χ2n) is 12.1. The van der Waals surface area contributed by atoms with Crippen LogP contribution >= 0.6 is 7.92 Å². The number of hydrogen-bond acceptors (Lipinski definition) is 0. The zero-order valence-electron chi connectivity index (χ0n) is 18.6. The minimum atomic E-state index is -6.00. The van der Waals surface area contributed by atoms with E-state index in [1.165, 1.54) is 65.1 Å². The summed E-state index contributed by atoms with van der Waals surface area (Å²) in [4.78, 5) is 0. The van der Waals surface area contributed by atoms with E-state index in [0.717, 1.165) is 0 Å². The Morgan fingerprint density at radius 2 is 0.900 bits per heavy atom. The van der Waals surface area contributed by atoms with Crippen LogP contribution in [-0.4, -0.2) is 24.7 Å². The van der Waals surface area contributed by atoms with Crippen molar-refractivity contribution in [3.8, 4) is 0 Å². The van der Waals surface area contributed by atoms with Crippen LogP contribution in [0, 0.1) is 47.3 Å². The maximum Gasteiger partial charge on any atom is 0.673 e. The van der Waals surface area contributed by atoms with Crippen LogP contribution in [-0.2, 0) is 0 Å². The molecule has 0 saturated heterocycles. The fourth-order valence-corrected chi connectivity index (χ4v) is 15.4. The summed E-state index contributed by atoms with van der Waals surface area (Å²) in [7, 11) is -6.13. The Bertz CT molecular complexity index is 505. The monoisotopic (exact) mass is 446 g/mol. The predicted molar refractivity (Wildman–Crippen MR) is 120 cm³/mol. The van der Waals surface area contributed by atoms with Crippen LogP contribution in [0.25, 0.3) is 0 Å². The van der Waals surface area contributed by atoms with Gasteiger partial charge in [-0.15, -0.1) is 0 Å². The van der Waals surface area contributed by atoms with Crippen LogP contribution in [0.15, 0.2) is 0 Å². The number of rotatable bonds is 5. The zero-order valence-corrected chi connectivity index (χ0v) is 19.6. The van der Waals surface area contributed by atoms with Crippen LogP contribution in [0.3, 0.4) is 0 Å². The maximum atomic E-state index is 9.75. The number of halogens is 4. The van der Waals surface area contributed by atoms with Gasteiger partial charge in [0.1, 0.15) is 0 Å². The first-order chi connectivity index (χ1) is 14.3. The van der Waals surface area contributed by atoms with Gasteiger partial charge in [0.15, 0.2) is 0 Å². The molecule has 0 aromatic rings. The van der Waals surface area contributed by atoms with Gasteiger partial charge in [0.2, 0.25) is 0 Å². The molecule has 8 bridgehead atoms. The van der Waals surface area contributed by atoms with Gasteiger partial charge < -0.3 is 17.3 Å². The molecule has 0 amide bonds. The van der Waals surface area contributed by atoms with Crippen molar-refractivity contribution in [1.29, 1.82) is 0 Å². The molecule has 0 unspecified atom stereocenters. The van der Waals surface area contributed by atoms with Crippen molar-refractivity contribution in [1.82, 2.24) is 0 Å². The minimum absolute atomic E-state index is 0.129. The van der Waals surface area contributed by atoms with Gasteiger partial charge in [0.25, 0.3) is 0 Å². The summed E-state index contributed by atoms with van der Waals surface area (Å²) in [6.45, 7) is 2.45. The molecular formula is C24H40BF4P.